The molecule has 0 saturated carbocycles. The van der Waals surface area contributed by atoms with Gasteiger partial charge in [-0.2, -0.15) is 0 Å². The second-order valence-corrected chi connectivity index (χ2v) is 8.01. The first-order valence-electron chi connectivity index (χ1n) is 7.70. The highest BCUT2D eigenvalue weighted by atomic mass is 32.2. The van der Waals surface area contributed by atoms with Gasteiger partial charge in [0.2, 0.25) is 0 Å². The molecule has 1 N–H and O–H groups in total. The summed E-state index contributed by atoms with van der Waals surface area (Å²) in [4.78, 5) is 25.7. The van der Waals surface area contributed by atoms with E-state index < -0.39 is 28.3 Å². The molecule has 1 aliphatic rings. The highest BCUT2D eigenvalue weighted by molar-refractivity contribution is 7.91. The molecular formula is C16H21NO6S. The number of esters is 1. The van der Waals surface area contributed by atoms with E-state index in [2.05, 4.69) is 0 Å². The van der Waals surface area contributed by atoms with Crippen molar-refractivity contribution in [1.82, 2.24) is 4.90 Å². The lowest BCUT2D eigenvalue weighted by Crippen LogP contribution is -2.43. The number of carbonyl (C=O) groups is 2. The van der Waals surface area contributed by atoms with Crippen molar-refractivity contribution in [3.05, 3.63) is 29.3 Å². The van der Waals surface area contributed by atoms with Crippen molar-refractivity contribution in [3.8, 4) is 5.75 Å². The molecular weight excluding hydrogens is 334 g/mol. The van der Waals surface area contributed by atoms with Crippen molar-refractivity contribution in [2.24, 2.45) is 0 Å². The molecule has 1 aromatic rings. The van der Waals surface area contributed by atoms with E-state index in [-0.39, 0.29) is 28.9 Å². The van der Waals surface area contributed by atoms with E-state index >= 15 is 0 Å². The fourth-order valence-corrected chi connectivity index (χ4v) is 4.50. The second-order valence-electron chi connectivity index (χ2n) is 5.78. The minimum atomic E-state index is -3.10. The first-order valence-corrected chi connectivity index (χ1v) is 9.53. The van der Waals surface area contributed by atoms with Crippen molar-refractivity contribution in [3.63, 3.8) is 0 Å². The smallest absolute Gasteiger partial charge is 0.342 e. The lowest BCUT2D eigenvalue weighted by atomic mass is 10.1. The summed E-state index contributed by atoms with van der Waals surface area (Å²) in [6.07, 6.45) is 0.397. The van der Waals surface area contributed by atoms with Crippen LogP contribution < -0.4 is 0 Å². The van der Waals surface area contributed by atoms with Crippen LogP contribution in [0.25, 0.3) is 0 Å². The normalized spacial score (nSPS) is 19.0. The van der Waals surface area contributed by atoms with Gasteiger partial charge in [0.1, 0.15) is 11.3 Å². The van der Waals surface area contributed by atoms with E-state index in [0.29, 0.717) is 18.5 Å². The quantitative estimate of drug-likeness (QED) is 0.787. The average Bonchev–Trinajstić information content (AvgIpc) is 2.88. The topological polar surface area (TPSA) is 101 Å². The maximum absolute atomic E-state index is 12.3. The van der Waals surface area contributed by atoms with E-state index in [1.54, 1.807) is 26.0 Å². The summed E-state index contributed by atoms with van der Waals surface area (Å²) in [5, 5.41) is 9.86. The summed E-state index contributed by atoms with van der Waals surface area (Å²) in [5.74, 6) is -1.40. The number of likely N-dealkylation sites (N-methyl/N-ethyl adjacent to an activating group) is 1. The number of nitrogens with zero attached hydrogens (tertiary/aromatic N) is 1. The van der Waals surface area contributed by atoms with Gasteiger partial charge in [0.05, 0.1) is 11.5 Å². The number of phenolic OH excluding ortho intramolecular Hbond substituents is 1. The molecule has 1 fully saturated rings. The Hall–Kier alpha value is -2.09. The average molecular weight is 355 g/mol. The molecule has 1 heterocycles. The lowest BCUT2D eigenvalue weighted by Gasteiger charge is -2.26. The van der Waals surface area contributed by atoms with Crippen molar-refractivity contribution in [1.29, 1.82) is 0 Å². The molecule has 132 valence electrons. The molecule has 2 rings (SSSR count). The lowest BCUT2D eigenvalue weighted by molar-refractivity contribution is -0.136. The van der Waals surface area contributed by atoms with Gasteiger partial charge in [-0.05, 0) is 31.9 Å². The van der Waals surface area contributed by atoms with Gasteiger partial charge in [-0.3, -0.25) is 4.79 Å². The number of sulfone groups is 1. The molecule has 1 saturated heterocycles. The highest BCUT2D eigenvalue weighted by Crippen LogP contribution is 2.22. The third-order valence-electron chi connectivity index (χ3n) is 4.09. The molecule has 8 heteroatoms. The number of aromatic hydroxyl groups is 1. The number of carbonyl (C=O) groups excluding carboxylic acids is 2. The van der Waals surface area contributed by atoms with Crippen molar-refractivity contribution in [2.45, 2.75) is 26.3 Å². The van der Waals surface area contributed by atoms with Crippen LogP contribution in [0.4, 0.5) is 0 Å². The predicted molar refractivity (Wildman–Crippen MR) is 87.6 cm³/mol. The fourth-order valence-electron chi connectivity index (χ4n) is 2.77. The number of amides is 1. The third-order valence-corrected chi connectivity index (χ3v) is 5.84. The Labute approximate surface area is 141 Å². The number of ether oxygens (including phenoxy) is 1. The number of aryl methyl sites for hydroxylation is 1. The molecule has 0 aliphatic carbocycles. The van der Waals surface area contributed by atoms with Gasteiger partial charge in [0.25, 0.3) is 5.91 Å². The number of para-hydroxylation sites is 1. The molecule has 7 nitrogen and oxygen atoms in total. The van der Waals surface area contributed by atoms with Gasteiger partial charge in [-0.25, -0.2) is 13.2 Å². The molecule has 1 amide bonds. The Morgan fingerprint density at radius 2 is 2.08 bits per heavy atom. The van der Waals surface area contributed by atoms with Crippen LogP contribution in [0.1, 0.15) is 29.3 Å². The Morgan fingerprint density at radius 1 is 1.38 bits per heavy atom. The molecule has 0 aromatic heterocycles. The maximum atomic E-state index is 12.3. The van der Waals surface area contributed by atoms with Gasteiger partial charge in [0, 0.05) is 12.6 Å². The van der Waals surface area contributed by atoms with E-state index in [1.165, 1.54) is 11.0 Å². The number of hydrogen-bond donors (Lipinski definition) is 1. The Kier molecular flexibility index (Phi) is 5.48. The monoisotopic (exact) mass is 355 g/mol. The van der Waals surface area contributed by atoms with Crippen LogP contribution in [0.15, 0.2) is 18.2 Å². The maximum Gasteiger partial charge on any atom is 0.342 e. The van der Waals surface area contributed by atoms with Gasteiger partial charge in [0.15, 0.2) is 16.4 Å². The predicted octanol–water partition coefficient (Wildman–Crippen LogP) is 0.893. The van der Waals surface area contributed by atoms with Crippen molar-refractivity contribution >= 4 is 21.7 Å². The van der Waals surface area contributed by atoms with E-state index in [1.807, 2.05) is 0 Å². The molecule has 1 aliphatic heterocycles. The van der Waals surface area contributed by atoms with Gasteiger partial charge >= 0.3 is 5.97 Å². The summed E-state index contributed by atoms with van der Waals surface area (Å²) >= 11 is 0. The molecule has 0 unspecified atom stereocenters. The summed E-state index contributed by atoms with van der Waals surface area (Å²) in [7, 11) is -3.10. The number of benzene rings is 1. The summed E-state index contributed by atoms with van der Waals surface area (Å²) in [5.41, 5.74) is 0.524. The van der Waals surface area contributed by atoms with E-state index in [9.17, 15) is 23.1 Å². The summed E-state index contributed by atoms with van der Waals surface area (Å²) in [6.45, 7) is 3.25. The SMILES string of the molecule is CCN(C(=O)COC(=O)c1cccc(C)c1O)[C@H]1CCS(=O)(=O)C1. The van der Waals surface area contributed by atoms with Crippen molar-refractivity contribution in [2.75, 3.05) is 24.7 Å². The fraction of sp³-hybridized carbons (Fsp3) is 0.500. The van der Waals surface area contributed by atoms with Gasteiger partial charge < -0.3 is 14.7 Å². The van der Waals surface area contributed by atoms with Crippen LogP contribution in [0.2, 0.25) is 0 Å². The van der Waals surface area contributed by atoms with Crippen molar-refractivity contribution < 1.29 is 27.9 Å². The zero-order valence-corrected chi connectivity index (χ0v) is 14.5. The van der Waals surface area contributed by atoms with Crippen LogP contribution in [-0.4, -0.2) is 61.0 Å². The Balaban J connectivity index is 1.99. The molecule has 24 heavy (non-hydrogen) atoms. The number of hydrogen-bond acceptors (Lipinski definition) is 6. The van der Waals surface area contributed by atoms with Crippen LogP contribution >= 0.6 is 0 Å². The Bertz CT molecular complexity index is 743. The zero-order chi connectivity index (χ0) is 17.9. The van der Waals surface area contributed by atoms with Gasteiger partial charge in [-0.1, -0.05) is 12.1 Å². The third kappa shape index (κ3) is 4.05. The standard InChI is InChI=1S/C16H21NO6S/c1-3-17(12-7-8-24(21,22)10-12)14(18)9-23-16(20)13-6-4-5-11(2)15(13)19/h4-6,12,19H,3,7-10H2,1-2H3/t12-/m0/s1. The number of phenols is 1. The van der Waals surface area contributed by atoms with E-state index in [4.69, 9.17) is 4.74 Å². The van der Waals surface area contributed by atoms with E-state index in [0.717, 1.165) is 0 Å². The summed E-state index contributed by atoms with van der Waals surface area (Å²) in [6, 6.07) is 4.29. The minimum Gasteiger partial charge on any atom is -0.507 e. The van der Waals surface area contributed by atoms with Crippen LogP contribution in [0.5, 0.6) is 5.75 Å². The zero-order valence-electron chi connectivity index (χ0n) is 13.7. The Morgan fingerprint density at radius 3 is 2.67 bits per heavy atom. The minimum absolute atomic E-state index is 0.00528. The first kappa shape index (κ1) is 18.3. The van der Waals surface area contributed by atoms with Crippen LogP contribution in [-0.2, 0) is 19.4 Å². The molecule has 1 atom stereocenters. The second kappa shape index (κ2) is 7.21. The van der Waals surface area contributed by atoms with Crippen LogP contribution in [0, 0.1) is 6.92 Å². The van der Waals surface area contributed by atoms with Crippen LogP contribution in [0.3, 0.4) is 0 Å². The molecule has 0 radical (unpaired) electrons. The summed E-state index contributed by atoms with van der Waals surface area (Å²) < 4.78 is 28.1. The van der Waals surface area contributed by atoms with Gasteiger partial charge in [-0.15, -0.1) is 0 Å². The molecule has 0 bridgehead atoms. The number of rotatable bonds is 5. The molecule has 1 aromatic carbocycles. The first-order chi connectivity index (χ1) is 11.2. The highest BCUT2D eigenvalue weighted by Gasteiger charge is 2.34. The molecule has 0 spiro atoms. The largest absolute Gasteiger partial charge is 0.507 e.